The van der Waals surface area contributed by atoms with Crippen LogP contribution in [0.2, 0.25) is 0 Å². The minimum Gasteiger partial charge on any atom is -0.370 e. The molecule has 5 heteroatoms. The highest BCUT2D eigenvalue weighted by molar-refractivity contribution is 5.78. The standard InChI is InChI=1S/C10H16N4O/c1-7-6-9(15-14-7)4-5-12-10(11)13-8-2-3-8/h6,8H,2-5H2,1H3,(H3,11,12,13). The van der Waals surface area contributed by atoms with Gasteiger partial charge in [-0.05, 0) is 19.8 Å². The predicted octanol–water partition coefficient (Wildman–Crippen LogP) is 0.592. The number of rotatable bonds is 4. The predicted molar refractivity (Wildman–Crippen MR) is 57.6 cm³/mol. The van der Waals surface area contributed by atoms with Crippen molar-refractivity contribution in [3.8, 4) is 0 Å². The van der Waals surface area contributed by atoms with E-state index in [1.807, 2.05) is 13.0 Å². The first-order chi connectivity index (χ1) is 7.24. The van der Waals surface area contributed by atoms with Gasteiger partial charge in [0, 0.05) is 25.1 Å². The third-order valence-electron chi connectivity index (χ3n) is 2.25. The van der Waals surface area contributed by atoms with Gasteiger partial charge in [0.15, 0.2) is 5.96 Å². The Kier molecular flexibility index (Phi) is 2.89. The van der Waals surface area contributed by atoms with Gasteiger partial charge in [-0.15, -0.1) is 0 Å². The quantitative estimate of drug-likeness (QED) is 0.561. The molecule has 0 aliphatic heterocycles. The molecule has 3 N–H and O–H groups in total. The van der Waals surface area contributed by atoms with Gasteiger partial charge in [0.05, 0.1) is 5.69 Å². The molecule has 5 nitrogen and oxygen atoms in total. The summed E-state index contributed by atoms with van der Waals surface area (Å²) in [5.41, 5.74) is 6.58. The Hall–Kier alpha value is -1.52. The third kappa shape index (κ3) is 3.27. The highest BCUT2D eigenvalue weighted by Crippen LogP contribution is 2.17. The van der Waals surface area contributed by atoms with Crippen LogP contribution >= 0.6 is 0 Å². The van der Waals surface area contributed by atoms with Gasteiger partial charge in [-0.3, -0.25) is 4.99 Å². The van der Waals surface area contributed by atoms with Crippen molar-refractivity contribution in [3.63, 3.8) is 0 Å². The first-order valence-electron chi connectivity index (χ1n) is 5.22. The van der Waals surface area contributed by atoms with E-state index in [-0.39, 0.29) is 0 Å². The van der Waals surface area contributed by atoms with Crippen LogP contribution < -0.4 is 11.1 Å². The van der Waals surface area contributed by atoms with E-state index in [4.69, 9.17) is 10.3 Å². The highest BCUT2D eigenvalue weighted by atomic mass is 16.5. The van der Waals surface area contributed by atoms with Gasteiger partial charge in [0.1, 0.15) is 5.76 Å². The lowest BCUT2D eigenvalue weighted by Crippen LogP contribution is -2.33. The molecular formula is C10H16N4O. The number of aromatic nitrogens is 1. The van der Waals surface area contributed by atoms with Crippen molar-refractivity contribution in [3.05, 3.63) is 17.5 Å². The second-order valence-corrected chi connectivity index (χ2v) is 3.87. The zero-order chi connectivity index (χ0) is 10.7. The molecule has 1 aliphatic carbocycles. The molecule has 1 heterocycles. The Balaban J connectivity index is 1.72. The van der Waals surface area contributed by atoms with Crippen molar-refractivity contribution in [2.75, 3.05) is 6.54 Å². The zero-order valence-corrected chi connectivity index (χ0v) is 8.86. The average Bonchev–Trinajstić information content (AvgIpc) is 2.89. The van der Waals surface area contributed by atoms with Crippen molar-refractivity contribution in [2.45, 2.75) is 32.2 Å². The summed E-state index contributed by atoms with van der Waals surface area (Å²) in [4.78, 5) is 4.20. The molecule has 1 aliphatic rings. The lowest BCUT2D eigenvalue weighted by atomic mass is 10.3. The van der Waals surface area contributed by atoms with Gasteiger partial charge >= 0.3 is 0 Å². The van der Waals surface area contributed by atoms with Crippen LogP contribution in [-0.4, -0.2) is 23.7 Å². The lowest BCUT2D eigenvalue weighted by Gasteiger charge is -2.01. The smallest absolute Gasteiger partial charge is 0.188 e. The first-order valence-corrected chi connectivity index (χ1v) is 5.22. The molecule has 0 aromatic carbocycles. The fourth-order valence-corrected chi connectivity index (χ4v) is 1.30. The molecule has 1 saturated carbocycles. The lowest BCUT2D eigenvalue weighted by molar-refractivity contribution is 0.381. The first kappa shape index (κ1) is 10.0. The van der Waals surface area contributed by atoms with E-state index in [0.717, 1.165) is 17.9 Å². The molecule has 0 spiro atoms. The van der Waals surface area contributed by atoms with Gasteiger partial charge in [-0.1, -0.05) is 5.16 Å². The molecule has 15 heavy (non-hydrogen) atoms. The fourth-order valence-electron chi connectivity index (χ4n) is 1.30. The van der Waals surface area contributed by atoms with Crippen LogP contribution in [0.1, 0.15) is 24.3 Å². The van der Waals surface area contributed by atoms with Crippen LogP contribution in [0.4, 0.5) is 0 Å². The summed E-state index contributed by atoms with van der Waals surface area (Å²) < 4.78 is 5.06. The van der Waals surface area contributed by atoms with E-state index in [1.54, 1.807) is 0 Å². The van der Waals surface area contributed by atoms with Crippen molar-refractivity contribution in [1.29, 1.82) is 0 Å². The average molecular weight is 208 g/mol. The molecular weight excluding hydrogens is 192 g/mol. The number of hydrogen-bond donors (Lipinski definition) is 2. The molecule has 0 saturated heterocycles. The molecule has 1 aromatic heterocycles. The van der Waals surface area contributed by atoms with Crippen LogP contribution in [-0.2, 0) is 6.42 Å². The molecule has 0 atom stereocenters. The number of guanidine groups is 1. The van der Waals surface area contributed by atoms with Crippen LogP contribution in [0, 0.1) is 6.92 Å². The Morgan fingerprint density at radius 2 is 2.53 bits per heavy atom. The van der Waals surface area contributed by atoms with Crippen LogP contribution in [0.15, 0.2) is 15.6 Å². The summed E-state index contributed by atoms with van der Waals surface area (Å²) in [5, 5.41) is 6.93. The molecule has 0 amide bonds. The van der Waals surface area contributed by atoms with Crippen molar-refractivity contribution in [2.24, 2.45) is 10.7 Å². The van der Waals surface area contributed by atoms with Gasteiger partial charge in [0.25, 0.3) is 0 Å². The molecule has 82 valence electrons. The van der Waals surface area contributed by atoms with Crippen LogP contribution in [0.25, 0.3) is 0 Å². The second-order valence-electron chi connectivity index (χ2n) is 3.87. The summed E-state index contributed by atoms with van der Waals surface area (Å²) in [6.07, 6.45) is 3.16. The van der Waals surface area contributed by atoms with E-state index in [9.17, 15) is 0 Å². The maximum atomic E-state index is 5.68. The van der Waals surface area contributed by atoms with E-state index in [0.29, 0.717) is 18.5 Å². The minimum absolute atomic E-state index is 0.536. The molecule has 2 rings (SSSR count). The van der Waals surface area contributed by atoms with Crippen molar-refractivity contribution < 1.29 is 4.52 Å². The Labute approximate surface area is 88.7 Å². The number of aliphatic imine (C=N–C) groups is 1. The second kappa shape index (κ2) is 4.33. The normalized spacial score (nSPS) is 16.7. The molecule has 1 aromatic rings. The monoisotopic (exact) mass is 208 g/mol. The maximum Gasteiger partial charge on any atom is 0.188 e. The summed E-state index contributed by atoms with van der Waals surface area (Å²) in [6.45, 7) is 2.54. The van der Waals surface area contributed by atoms with Crippen molar-refractivity contribution in [1.82, 2.24) is 10.5 Å². The number of nitrogens with one attached hydrogen (secondary N) is 1. The highest BCUT2D eigenvalue weighted by Gasteiger charge is 2.21. The Morgan fingerprint density at radius 3 is 3.13 bits per heavy atom. The summed E-state index contributed by atoms with van der Waals surface area (Å²) >= 11 is 0. The minimum atomic E-state index is 0.536. The molecule has 0 bridgehead atoms. The van der Waals surface area contributed by atoms with Gasteiger partial charge in [0.2, 0.25) is 0 Å². The van der Waals surface area contributed by atoms with E-state index >= 15 is 0 Å². The summed E-state index contributed by atoms with van der Waals surface area (Å²) in [7, 11) is 0. The maximum absolute atomic E-state index is 5.68. The number of nitrogens with zero attached hydrogens (tertiary/aromatic N) is 2. The van der Waals surface area contributed by atoms with E-state index < -0.39 is 0 Å². The SMILES string of the molecule is Cc1cc(CCN=C(N)NC2CC2)on1. The Bertz CT molecular complexity index is 354. The number of hydrogen-bond acceptors (Lipinski definition) is 3. The van der Waals surface area contributed by atoms with E-state index in [1.165, 1.54) is 12.8 Å². The van der Waals surface area contributed by atoms with Gasteiger partial charge in [-0.25, -0.2) is 0 Å². The van der Waals surface area contributed by atoms with E-state index in [2.05, 4.69) is 15.5 Å². The fraction of sp³-hybridized carbons (Fsp3) is 0.600. The summed E-state index contributed by atoms with van der Waals surface area (Å²) in [5.74, 6) is 1.39. The molecule has 0 radical (unpaired) electrons. The number of aryl methyl sites for hydroxylation is 1. The molecule has 1 fully saturated rings. The molecule has 0 unspecified atom stereocenters. The van der Waals surface area contributed by atoms with Crippen molar-refractivity contribution >= 4 is 5.96 Å². The summed E-state index contributed by atoms with van der Waals surface area (Å²) in [6, 6.07) is 2.47. The van der Waals surface area contributed by atoms with Crippen LogP contribution in [0.5, 0.6) is 0 Å². The van der Waals surface area contributed by atoms with Gasteiger partial charge in [-0.2, -0.15) is 0 Å². The topological polar surface area (TPSA) is 76.4 Å². The zero-order valence-electron chi connectivity index (χ0n) is 8.86. The van der Waals surface area contributed by atoms with Crippen LogP contribution in [0.3, 0.4) is 0 Å². The Morgan fingerprint density at radius 1 is 1.73 bits per heavy atom. The third-order valence-corrected chi connectivity index (χ3v) is 2.25. The largest absolute Gasteiger partial charge is 0.370 e. The number of nitrogens with two attached hydrogens (primary N) is 1. The van der Waals surface area contributed by atoms with Gasteiger partial charge < -0.3 is 15.6 Å².